The molecule has 1 fully saturated rings. The van der Waals surface area contributed by atoms with Crippen LogP contribution in [-0.2, 0) is 14.8 Å². The Morgan fingerprint density at radius 2 is 1.87 bits per heavy atom. The zero-order chi connectivity index (χ0) is 26.9. The van der Waals surface area contributed by atoms with E-state index >= 15 is 0 Å². The number of nitrogens with zero attached hydrogens (tertiary/aromatic N) is 4. The number of likely N-dealkylation sites (N-methyl/N-ethyl adjacent to an activating group) is 1. The van der Waals surface area contributed by atoms with Gasteiger partial charge in [0.15, 0.2) is 0 Å². The molecule has 0 spiro atoms. The Hall–Kier alpha value is -3.31. The first-order valence-corrected chi connectivity index (χ1v) is 14.3. The smallest absolute Gasteiger partial charge is 0.245 e. The average molecular weight is 535 g/mol. The van der Waals surface area contributed by atoms with Gasteiger partial charge in [-0.3, -0.25) is 4.90 Å². The summed E-state index contributed by atoms with van der Waals surface area (Å²) in [5.74, 6) is 0.437. The molecule has 1 aliphatic rings. The third kappa shape index (κ3) is 5.88. The average Bonchev–Trinajstić information content (AvgIpc) is 3.31. The number of morpholine rings is 1. The van der Waals surface area contributed by atoms with Crippen molar-refractivity contribution >= 4 is 27.2 Å². The molecule has 2 N–H and O–H groups in total. The zero-order valence-corrected chi connectivity index (χ0v) is 23.0. The monoisotopic (exact) mass is 534 g/mol. The van der Waals surface area contributed by atoms with E-state index < -0.39 is 15.6 Å². The first kappa shape index (κ1) is 26.3. The molecule has 1 saturated heterocycles. The molecule has 1 aliphatic heterocycles. The van der Waals surface area contributed by atoms with Gasteiger partial charge in [-0.1, -0.05) is 31.2 Å². The number of nitrogens with one attached hydrogen (secondary N) is 2. The van der Waals surface area contributed by atoms with Crippen molar-refractivity contribution in [1.82, 2.24) is 24.2 Å². The number of ether oxygens (including phenoxy) is 1. The van der Waals surface area contributed by atoms with Crippen LogP contribution in [0.4, 0.5) is 11.6 Å². The zero-order valence-electron chi connectivity index (χ0n) is 22.2. The van der Waals surface area contributed by atoms with Crippen LogP contribution in [0.3, 0.4) is 0 Å². The lowest BCUT2D eigenvalue weighted by atomic mass is 10.1. The van der Waals surface area contributed by atoms with Crippen molar-refractivity contribution in [3.8, 4) is 11.3 Å². The van der Waals surface area contributed by atoms with E-state index in [4.69, 9.17) is 4.74 Å². The molecule has 2 aromatic heterocycles. The van der Waals surface area contributed by atoms with Crippen molar-refractivity contribution in [1.29, 1.82) is 0 Å². The van der Waals surface area contributed by atoms with Crippen LogP contribution in [0.5, 0.6) is 0 Å². The second-order valence-corrected chi connectivity index (χ2v) is 12.2. The Bertz CT molecular complexity index is 1530. The first-order chi connectivity index (χ1) is 18.1. The van der Waals surface area contributed by atoms with Gasteiger partial charge in [0.05, 0.1) is 35.0 Å². The predicted octanol–water partition coefficient (Wildman–Crippen LogP) is 4.61. The molecular formula is C28H34N6O3S. The molecule has 1 unspecified atom stereocenters. The van der Waals surface area contributed by atoms with Crippen molar-refractivity contribution in [3.05, 3.63) is 72.4 Å². The fourth-order valence-electron chi connectivity index (χ4n) is 4.56. The van der Waals surface area contributed by atoms with Gasteiger partial charge in [-0.05, 0) is 69.3 Å². The maximum atomic E-state index is 12.9. The van der Waals surface area contributed by atoms with E-state index in [1.165, 1.54) is 0 Å². The Kier molecular flexibility index (Phi) is 7.23. The molecule has 9 nitrogen and oxygen atoms in total. The molecule has 0 radical (unpaired) electrons. The predicted molar refractivity (Wildman–Crippen MR) is 149 cm³/mol. The van der Waals surface area contributed by atoms with E-state index in [1.54, 1.807) is 28.9 Å². The molecule has 4 aromatic rings. The number of hydrogen-bond acceptors (Lipinski definition) is 7. The van der Waals surface area contributed by atoms with E-state index in [0.717, 1.165) is 54.3 Å². The van der Waals surface area contributed by atoms with Gasteiger partial charge in [0.1, 0.15) is 0 Å². The second-order valence-electron chi connectivity index (χ2n) is 10.5. The molecule has 0 aliphatic carbocycles. The molecule has 5 rings (SSSR count). The number of fused-ring (bicyclic) bond motifs is 1. The lowest BCUT2D eigenvalue weighted by Crippen LogP contribution is -2.40. The van der Waals surface area contributed by atoms with Crippen LogP contribution >= 0.6 is 0 Å². The van der Waals surface area contributed by atoms with Gasteiger partial charge in [-0.25, -0.2) is 22.6 Å². The summed E-state index contributed by atoms with van der Waals surface area (Å²) >= 11 is 0. The highest BCUT2D eigenvalue weighted by molar-refractivity contribution is 7.89. The SMILES string of the molecule is CCN1CCOC(c2ccc(Nc3ncc4ccc(-c5cccc(S(=O)(=O)NC(C)(C)C)c5)n4n3)cc2)C1. The highest BCUT2D eigenvalue weighted by Gasteiger charge is 2.23. The lowest BCUT2D eigenvalue weighted by Gasteiger charge is -2.32. The summed E-state index contributed by atoms with van der Waals surface area (Å²) in [4.78, 5) is 7.06. The fraction of sp³-hybridized carbons (Fsp3) is 0.357. The van der Waals surface area contributed by atoms with Crippen molar-refractivity contribution in [3.63, 3.8) is 0 Å². The normalized spacial score (nSPS) is 17.1. The standard InChI is InChI=1S/C28H34N6O3S/c1-5-33-15-16-37-26(19-33)20-9-11-22(12-10-20)30-27-29-18-23-13-14-25(34(23)31-27)21-7-6-8-24(17-21)38(35,36)32-28(2,3)4/h6-14,17-18,26,32H,5,15-16,19H2,1-4H3,(H,30,31). The molecule has 10 heteroatoms. The Balaban J connectivity index is 1.37. The van der Waals surface area contributed by atoms with Crippen molar-refractivity contribution in [2.75, 3.05) is 31.6 Å². The third-order valence-electron chi connectivity index (χ3n) is 6.42. The quantitative estimate of drug-likeness (QED) is 0.357. The molecule has 200 valence electrons. The van der Waals surface area contributed by atoms with Crippen LogP contribution in [0.1, 0.15) is 39.4 Å². The summed E-state index contributed by atoms with van der Waals surface area (Å²) in [6.07, 6.45) is 1.82. The van der Waals surface area contributed by atoms with Gasteiger partial charge in [-0.15, -0.1) is 5.10 Å². The van der Waals surface area contributed by atoms with Crippen LogP contribution in [0.15, 0.2) is 71.8 Å². The van der Waals surface area contributed by atoms with Gasteiger partial charge < -0.3 is 10.1 Å². The topological polar surface area (TPSA) is 101 Å². The lowest BCUT2D eigenvalue weighted by molar-refractivity contribution is -0.0281. The van der Waals surface area contributed by atoms with Crippen LogP contribution in [0, 0.1) is 0 Å². The molecular weight excluding hydrogens is 500 g/mol. The summed E-state index contributed by atoms with van der Waals surface area (Å²) in [7, 11) is -3.67. The molecule has 1 atom stereocenters. The van der Waals surface area contributed by atoms with Crippen LogP contribution in [0.25, 0.3) is 16.8 Å². The van der Waals surface area contributed by atoms with Crippen molar-refractivity contribution < 1.29 is 13.2 Å². The number of aromatic nitrogens is 3. The number of anilines is 2. The largest absolute Gasteiger partial charge is 0.371 e. The number of rotatable bonds is 7. The van der Waals surface area contributed by atoms with Gasteiger partial charge in [-0.2, -0.15) is 0 Å². The van der Waals surface area contributed by atoms with E-state index in [1.807, 2.05) is 51.1 Å². The number of hydrogen-bond donors (Lipinski definition) is 2. The highest BCUT2D eigenvalue weighted by Crippen LogP contribution is 2.27. The molecule has 2 aromatic carbocycles. The van der Waals surface area contributed by atoms with Crippen LogP contribution in [0.2, 0.25) is 0 Å². The molecule has 38 heavy (non-hydrogen) atoms. The van der Waals surface area contributed by atoms with Crippen molar-refractivity contribution in [2.24, 2.45) is 0 Å². The minimum absolute atomic E-state index is 0.0750. The van der Waals surface area contributed by atoms with Gasteiger partial charge in [0.2, 0.25) is 16.0 Å². The van der Waals surface area contributed by atoms with Gasteiger partial charge in [0, 0.05) is 29.9 Å². The van der Waals surface area contributed by atoms with E-state index in [9.17, 15) is 8.42 Å². The van der Waals surface area contributed by atoms with Crippen LogP contribution in [-0.4, -0.2) is 59.7 Å². The van der Waals surface area contributed by atoms with E-state index in [2.05, 4.69) is 44.1 Å². The first-order valence-electron chi connectivity index (χ1n) is 12.8. The van der Waals surface area contributed by atoms with Crippen molar-refractivity contribution in [2.45, 2.75) is 44.2 Å². The Morgan fingerprint density at radius 1 is 1.08 bits per heavy atom. The number of sulfonamides is 1. The summed E-state index contributed by atoms with van der Waals surface area (Å²) in [6, 6.07) is 18.8. The summed E-state index contributed by atoms with van der Waals surface area (Å²) in [5, 5.41) is 7.97. The summed E-state index contributed by atoms with van der Waals surface area (Å²) < 4.78 is 36.2. The summed E-state index contributed by atoms with van der Waals surface area (Å²) in [5.41, 5.74) is 3.74. The maximum absolute atomic E-state index is 12.9. The molecule has 0 bridgehead atoms. The third-order valence-corrected chi connectivity index (χ3v) is 8.17. The minimum Gasteiger partial charge on any atom is -0.371 e. The van der Waals surface area contributed by atoms with E-state index in [0.29, 0.717) is 5.95 Å². The van der Waals surface area contributed by atoms with E-state index in [-0.39, 0.29) is 11.0 Å². The van der Waals surface area contributed by atoms with Crippen LogP contribution < -0.4 is 10.0 Å². The highest BCUT2D eigenvalue weighted by atomic mass is 32.2. The summed E-state index contributed by atoms with van der Waals surface area (Å²) in [6.45, 7) is 11.3. The van der Waals surface area contributed by atoms with Gasteiger partial charge in [0.25, 0.3) is 0 Å². The molecule has 3 heterocycles. The minimum atomic E-state index is -3.67. The molecule has 0 amide bonds. The maximum Gasteiger partial charge on any atom is 0.245 e. The Morgan fingerprint density at radius 3 is 2.61 bits per heavy atom. The van der Waals surface area contributed by atoms with Gasteiger partial charge >= 0.3 is 0 Å². The fourth-order valence-corrected chi connectivity index (χ4v) is 6.03. The molecule has 0 saturated carbocycles. The Labute approximate surface area is 223 Å². The second kappa shape index (κ2) is 10.5. The number of benzene rings is 2.